The lowest BCUT2D eigenvalue weighted by Crippen LogP contribution is -2.44. The second kappa shape index (κ2) is 11.0. The predicted molar refractivity (Wildman–Crippen MR) is 147 cm³/mol. The molecule has 6 nitrogen and oxygen atoms in total. The second-order valence-electron chi connectivity index (χ2n) is 11.7. The van der Waals surface area contributed by atoms with Crippen molar-refractivity contribution in [3.63, 3.8) is 0 Å². The Bertz CT molecular complexity index is 1160. The van der Waals surface area contributed by atoms with Crippen molar-refractivity contribution >= 4 is 11.9 Å². The van der Waals surface area contributed by atoms with Gasteiger partial charge in [0.15, 0.2) is 6.10 Å². The number of rotatable bonds is 6. The fourth-order valence-corrected chi connectivity index (χ4v) is 5.85. The molecule has 4 rings (SSSR count). The smallest absolute Gasteiger partial charge is 0.337 e. The average molecular weight is 507 g/mol. The molecule has 0 bridgehead atoms. The first kappa shape index (κ1) is 27.3. The molecule has 1 unspecified atom stereocenters. The number of amides is 1. The number of carbonyl (C=O) groups is 2. The molecule has 0 aliphatic carbocycles. The first-order valence-corrected chi connectivity index (χ1v) is 13.6. The number of carboxylic acids is 1. The van der Waals surface area contributed by atoms with Crippen LogP contribution in [0.4, 0.5) is 0 Å². The third kappa shape index (κ3) is 6.07. The summed E-state index contributed by atoms with van der Waals surface area (Å²) in [7, 11) is 0. The van der Waals surface area contributed by atoms with Crippen LogP contribution in [0.25, 0.3) is 11.1 Å². The highest BCUT2D eigenvalue weighted by Crippen LogP contribution is 2.42. The van der Waals surface area contributed by atoms with Crippen molar-refractivity contribution < 1.29 is 19.4 Å². The highest BCUT2D eigenvalue weighted by atomic mass is 16.5. The molecule has 2 heterocycles. The van der Waals surface area contributed by atoms with E-state index >= 15 is 0 Å². The summed E-state index contributed by atoms with van der Waals surface area (Å²) < 4.78 is 6.17. The van der Waals surface area contributed by atoms with E-state index in [1.807, 2.05) is 39.5 Å². The number of hydrogen-bond acceptors (Lipinski definition) is 4. The fourth-order valence-electron chi connectivity index (χ4n) is 5.85. The van der Waals surface area contributed by atoms with Crippen LogP contribution in [-0.2, 0) is 27.3 Å². The van der Waals surface area contributed by atoms with E-state index < -0.39 is 17.7 Å². The summed E-state index contributed by atoms with van der Waals surface area (Å²) in [5, 5.41) is 10.3. The number of nitrogens with zero attached hydrogens (tertiary/aromatic N) is 2. The molecule has 2 aromatic carbocycles. The maximum absolute atomic E-state index is 13.3. The number of benzene rings is 2. The van der Waals surface area contributed by atoms with E-state index in [2.05, 4.69) is 36.1 Å². The van der Waals surface area contributed by atoms with Crippen LogP contribution in [0.3, 0.4) is 0 Å². The molecule has 2 aliphatic heterocycles. The van der Waals surface area contributed by atoms with Crippen molar-refractivity contribution in [1.82, 2.24) is 9.80 Å². The van der Waals surface area contributed by atoms with Gasteiger partial charge in [0.25, 0.3) is 0 Å². The number of carbonyl (C=O) groups excluding carboxylic acids is 1. The van der Waals surface area contributed by atoms with Gasteiger partial charge in [-0.1, -0.05) is 36.2 Å². The van der Waals surface area contributed by atoms with Crippen molar-refractivity contribution in [2.45, 2.75) is 85.5 Å². The zero-order valence-corrected chi connectivity index (χ0v) is 23.3. The summed E-state index contributed by atoms with van der Waals surface area (Å²) >= 11 is 0. The monoisotopic (exact) mass is 506 g/mol. The Morgan fingerprint density at radius 2 is 1.59 bits per heavy atom. The molecule has 200 valence electrons. The summed E-state index contributed by atoms with van der Waals surface area (Å²) in [4.78, 5) is 30.1. The highest BCUT2D eigenvalue weighted by Gasteiger charge is 2.35. The van der Waals surface area contributed by atoms with Gasteiger partial charge in [-0.25, -0.2) is 4.79 Å². The Kier molecular flexibility index (Phi) is 8.10. The lowest BCUT2D eigenvalue weighted by Gasteiger charge is -2.36. The Balaban J connectivity index is 1.79. The van der Waals surface area contributed by atoms with Gasteiger partial charge in [-0.3, -0.25) is 9.69 Å². The van der Waals surface area contributed by atoms with Crippen LogP contribution in [-0.4, -0.2) is 58.6 Å². The normalized spacial score (nSPS) is 17.4. The van der Waals surface area contributed by atoms with Gasteiger partial charge >= 0.3 is 5.97 Å². The maximum Gasteiger partial charge on any atom is 0.337 e. The number of ether oxygens (including phenoxy) is 1. The first-order chi connectivity index (χ1) is 17.5. The lowest BCUT2D eigenvalue weighted by molar-refractivity contribution is -0.160. The molecule has 1 atom stereocenters. The fraction of sp³-hybridized carbons (Fsp3) is 0.548. The molecule has 1 saturated heterocycles. The summed E-state index contributed by atoms with van der Waals surface area (Å²) in [5.41, 5.74) is 7.46. The molecule has 0 radical (unpaired) electrons. The quantitative estimate of drug-likeness (QED) is 0.553. The van der Waals surface area contributed by atoms with E-state index in [0.29, 0.717) is 19.6 Å². The molecule has 0 aromatic heterocycles. The van der Waals surface area contributed by atoms with Gasteiger partial charge in [-0.05, 0) is 107 Å². The number of aryl methyl sites for hydroxylation is 1. The van der Waals surface area contributed by atoms with Crippen LogP contribution >= 0.6 is 0 Å². The van der Waals surface area contributed by atoms with Crippen LogP contribution in [0.15, 0.2) is 24.3 Å². The van der Waals surface area contributed by atoms with Gasteiger partial charge in [0.1, 0.15) is 0 Å². The summed E-state index contributed by atoms with van der Waals surface area (Å²) in [6.07, 6.45) is 3.22. The minimum Gasteiger partial charge on any atom is -0.479 e. The van der Waals surface area contributed by atoms with E-state index in [4.69, 9.17) is 4.74 Å². The number of likely N-dealkylation sites (tertiary alicyclic amines) is 1. The van der Waals surface area contributed by atoms with E-state index in [-0.39, 0.29) is 5.91 Å². The van der Waals surface area contributed by atoms with E-state index in [0.717, 1.165) is 64.0 Å². The Hall–Kier alpha value is -2.70. The van der Waals surface area contributed by atoms with Crippen LogP contribution in [0.1, 0.15) is 79.5 Å². The maximum atomic E-state index is 13.3. The van der Waals surface area contributed by atoms with Crippen LogP contribution in [0.2, 0.25) is 0 Å². The van der Waals surface area contributed by atoms with Crippen molar-refractivity contribution in [3.8, 4) is 11.1 Å². The zero-order valence-electron chi connectivity index (χ0n) is 23.3. The summed E-state index contributed by atoms with van der Waals surface area (Å²) in [5.74, 6) is -0.801. The van der Waals surface area contributed by atoms with Gasteiger partial charge in [0, 0.05) is 18.7 Å². The van der Waals surface area contributed by atoms with Crippen LogP contribution in [0.5, 0.6) is 0 Å². The van der Waals surface area contributed by atoms with Crippen LogP contribution < -0.4 is 0 Å². The Labute approximate surface area is 221 Å². The molecule has 1 amide bonds. The van der Waals surface area contributed by atoms with E-state index in [1.165, 1.54) is 19.3 Å². The molecular formula is C31H42N2O4. The molecule has 1 N–H and O–H groups in total. The molecule has 2 aromatic rings. The third-order valence-corrected chi connectivity index (χ3v) is 7.76. The number of aliphatic carboxylic acids is 1. The highest BCUT2D eigenvalue weighted by molar-refractivity contribution is 5.84. The SMILES string of the molecule is Cc1ccc(-c2c(C)c3c(c(C)c2C(OC(C)(C)C)C(=O)O)CCN(C(=O)CN2CCCCC2)C3)cc1. The molecule has 0 saturated carbocycles. The van der Waals surface area contributed by atoms with E-state index in [9.17, 15) is 14.7 Å². The average Bonchev–Trinajstić information content (AvgIpc) is 2.85. The van der Waals surface area contributed by atoms with Crippen LogP contribution in [0, 0.1) is 20.8 Å². The van der Waals surface area contributed by atoms with Crippen molar-refractivity contribution in [3.05, 3.63) is 57.6 Å². The van der Waals surface area contributed by atoms with Gasteiger partial charge < -0.3 is 14.7 Å². The number of carboxylic acid groups (broad SMARTS) is 1. The number of piperidine rings is 1. The third-order valence-electron chi connectivity index (χ3n) is 7.76. The molecule has 1 fully saturated rings. The Morgan fingerprint density at radius 3 is 2.19 bits per heavy atom. The molecule has 2 aliphatic rings. The topological polar surface area (TPSA) is 70.1 Å². The zero-order chi connectivity index (χ0) is 26.9. The van der Waals surface area contributed by atoms with Gasteiger partial charge in [-0.2, -0.15) is 0 Å². The minimum absolute atomic E-state index is 0.185. The number of fused-ring (bicyclic) bond motifs is 1. The van der Waals surface area contributed by atoms with Gasteiger partial charge in [-0.15, -0.1) is 0 Å². The summed E-state index contributed by atoms with van der Waals surface area (Å²) in [6, 6.07) is 8.24. The largest absolute Gasteiger partial charge is 0.479 e. The standard InChI is InChI=1S/C31H42N2O4/c1-20-10-12-23(13-11-20)27-22(3)25-18-33(26(34)19-32-15-8-7-9-16-32)17-14-24(25)21(2)28(27)29(30(35)36)37-31(4,5)6/h10-13,29H,7-9,14-19H2,1-6H3,(H,35,36). The first-order valence-electron chi connectivity index (χ1n) is 13.6. The molecule has 0 spiro atoms. The van der Waals surface area contributed by atoms with Crippen molar-refractivity contribution in [1.29, 1.82) is 0 Å². The minimum atomic E-state index is -1.08. The van der Waals surface area contributed by atoms with Gasteiger partial charge in [0.2, 0.25) is 5.91 Å². The Morgan fingerprint density at radius 1 is 0.946 bits per heavy atom. The van der Waals surface area contributed by atoms with E-state index in [1.54, 1.807) is 0 Å². The second-order valence-corrected chi connectivity index (χ2v) is 11.7. The summed E-state index contributed by atoms with van der Waals surface area (Å²) in [6.45, 7) is 15.5. The molecule has 6 heteroatoms. The molecular weight excluding hydrogens is 464 g/mol. The van der Waals surface area contributed by atoms with Gasteiger partial charge in [0.05, 0.1) is 12.1 Å². The van der Waals surface area contributed by atoms with Crippen molar-refractivity contribution in [2.75, 3.05) is 26.2 Å². The number of hydrogen-bond donors (Lipinski definition) is 1. The predicted octanol–water partition coefficient (Wildman–Crippen LogP) is 5.59. The lowest BCUT2D eigenvalue weighted by atomic mass is 9.80. The molecule has 37 heavy (non-hydrogen) atoms. The van der Waals surface area contributed by atoms with Crippen molar-refractivity contribution in [2.24, 2.45) is 0 Å².